The van der Waals surface area contributed by atoms with Gasteiger partial charge in [0.15, 0.2) is 0 Å². The first-order chi connectivity index (χ1) is 7.97. The number of hydrogen-bond donors (Lipinski definition) is 0. The number of carbonyl (C=O) groups excluding carboxylic acids is 1. The largest absolute Gasteiger partial charge is 0.460 e. The molecule has 2 nitrogen and oxygen atoms in total. The Morgan fingerprint density at radius 1 is 1.24 bits per heavy atom. The number of hydrogen-bond acceptors (Lipinski definition) is 3. The highest BCUT2D eigenvalue weighted by molar-refractivity contribution is 7.98. The lowest BCUT2D eigenvalue weighted by Crippen LogP contribution is -2.24. The molecular formula is C14H20O2S. The quantitative estimate of drug-likeness (QED) is 0.591. The molecule has 0 fully saturated rings. The third-order valence-electron chi connectivity index (χ3n) is 1.98. The monoisotopic (exact) mass is 252 g/mol. The van der Waals surface area contributed by atoms with Gasteiger partial charge in [-0.05, 0) is 26.3 Å². The number of ether oxygens (including phenoxy) is 1. The number of benzene rings is 1. The van der Waals surface area contributed by atoms with Gasteiger partial charge in [0.2, 0.25) is 0 Å². The summed E-state index contributed by atoms with van der Waals surface area (Å²) in [7, 11) is 0. The van der Waals surface area contributed by atoms with Crippen molar-refractivity contribution >= 4 is 17.7 Å². The molecule has 0 N–H and O–H groups in total. The SMILES string of the molecule is CC(C)(C)OC(=O)CCSCc1ccccc1. The average Bonchev–Trinajstić information content (AvgIpc) is 2.23. The second kappa shape index (κ2) is 6.70. The summed E-state index contributed by atoms with van der Waals surface area (Å²) in [6.45, 7) is 5.67. The van der Waals surface area contributed by atoms with Gasteiger partial charge in [-0.3, -0.25) is 4.79 Å². The van der Waals surface area contributed by atoms with Crippen molar-refractivity contribution in [3.8, 4) is 0 Å². The summed E-state index contributed by atoms with van der Waals surface area (Å²) < 4.78 is 5.24. The van der Waals surface area contributed by atoms with Crippen molar-refractivity contribution in [1.82, 2.24) is 0 Å². The summed E-state index contributed by atoms with van der Waals surface area (Å²) in [4.78, 5) is 11.4. The van der Waals surface area contributed by atoms with Gasteiger partial charge in [0.1, 0.15) is 5.60 Å². The van der Waals surface area contributed by atoms with E-state index in [1.165, 1.54) is 5.56 Å². The van der Waals surface area contributed by atoms with Crippen molar-refractivity contribution in [2.24, 2.45) is 0 Å². The van der Waals surface area contributed by atoms with E-state index in [2.05, 4.69) is 12.1 Å². The maximum atomic E-state index is 11.4. The van der Waals surface area contributed by atoms with Gasteiger partial charge in [0, 0.05) is 11.5 Å². The fraction of sp³-hybridized carbons (Fsp3) is 0.500. The molecule has 0 atom stereocenters. The molecule has 0 aliphatic carbocycles. The molecule has 0 spiro atoms. The van der Waals surface area contributed by atoms with Crippen LogP contribution in [-0.4, -0.2) is 17.3 Å². The maximum absolute atomic E-state index is 11.4. The Kier molecular flexibility index (Phi) is 5.56. The van der Waals surface area contributed by atoms with Crippen LogP contribution in [-0.2, 0) is 15.3 Å². The highest BCUT2D eigenvalue weighted by Gasteiger charge is 2.15. The summed E-state index contributed by atoms with van der Waals surface area (Å²) in [5.41, 5.74) is 0.919. The van der Waals surface area contributed by atoms with Crippen molar-refractivity contribution in [3.05, 3.63) is 35.9 Å². The van der Waals surface area contributed by atoms with Crippen LogP contribution in [0.3, 0.4) is 0 Å². The molecule has 1 rings (SSSR count). The second-order valence-electron chi connectivity index (χ2n) is 4.87. The van der Waals surface area contributed by atoms with Gasteiger partial charge >= 0.3 is 5.97 Å². The van der Waals surface area contributed by atoms with Gasteiger partial charge in [-0.25, -0.2) is 0 Å². The maximum Gasteiger partial charge on any atom is 0.307 e. The third kappa shape index (κ3) is 7.05. The first kappa shape index (κ1) is 14.1. The lowest BCUT2D eigenvalue weighted by Gasteiger charge is -2.19. The Bertz CT molecular complexity index is 341. The van der Waals surface area contributed by atoms with E-state index in [1.54, 1.807) is 11.8 Å². The van der Waals surface area contributed by atoms with Crippen molar-refractivity contribution in [2.45, 2.75) is 38.5 Å². The minimum absolute atomic E-state index is 0.113. The molecule has 0 aromatic heterocycles. The van der Waals surface area contributed by atoms with Crippen LogP contribution in [0.2, 0.25) is 0 Å². The van der Waals surface area contributed by atoms with Crippen LogP contribution in [0.1, 0.15) is 32.8 Å². The van der Waals surface area contributed by atoms with E-state index in [0.717, 1.165) is 11.5 Å². The Hall–Kier alpha value is -0.960. The number of esters is 1. The van der Waals surface area contributed by atoms with E-state index >= 15 is 0 Å². The van der Waals surface area contributed by atoms with Gasteiger partial charge in [-0.2, -0.15) is 11.8 Å². The molecule has 94 valence electrons. The smallest absolute Gasteiger partial charge is 0.307 e. The van der Waals surface area contributed by atoms with Crippen LogP contribution in [0.5, 0.6) is 0 Å². The molecular weight excluding hydrogens is 232 g/mol. The molecule has 1 aromatic rings. The van der Waals surface area contributed by atoms with Gasteiger partial charge in [-0.15, -0.1) is 0 Å². The zero-order chi connectivity index (χ0) is 12.7. The van der Waals surface area contributed by atoms with Gasteiger partial charge in [-0.1, -0.05) is 30.3 Å². The van der Waals surface area contributed by atoms with Crippen LogP contribution in [0.15, 0.2) is 30.3 Å². The first-order valence-electron chi connectivity index (χ1n) is 5.81. The Morgan fingerprint density at radius 3 is 2.47 bits per heavy atom. The summed E-state index contributed by atoms with van der Waals surface area (Å²) in [6.07, 6.45) is 0.481. The van der Waals surface area contributed by atoms with Crippen LogP contribution < -0.4 is 0 Å². The summed E-state index contributed by atoms with van der Waals surface area (Å²) in [6, 6.07) is 10.3. The van der Waals surface area contributed by atoms with Crippen molar-refractivity contribution in [2.75, 3.05) is 5.75 Å². The van der Waals surface area contributed by atoms with Crippen molar-refractivity contribution in [1.29, 1.82) is 0 Å². The number of thioether (sulfide) groups is 1. The molecule has 0 aliphatic rings. The van der Waals surface area contributed by atoms with Crippen LogP contribution >= 0.6 is 11.8 Å². The molecule has 0 heterocycles. The summed E-state index contributed by atoms with van der Waals surface area (Å²) in [5, 5.41) is 0. The lowest BCUT2D eigenvalue weighted by atomic mass is 10.2. The average molecular weight is 252 g/mol. The molecule has 0 saturated heterocycles. The Morgan fingerprint density at radius 2 is 1.88 bits per heavy atom. The topological polar surface area (TPSA) is 26.3 Å². The summed E-state index contributed by atoms with van der Waals surface area (Å²) in [5.74, 6) is 1.64. The predicted octanol–water partition coefficient (Wildman–Crippen LogP) is 3.65. The molecule has 0 bridgehead atoms. The third-order valence-corrected chi connectivity index (χ3v) is 3.01. The van der Waals surface area contributed by atoms with Crippen LogP contribution in [0, 0.1) is 0 Å². The normalized spacial score (nSPS) is 11.2. The van der Waals surface area contributed by atoms with Crippen LogP contribution in [0.4, 0.5) is 0 Å². The van der Waals surface area contributed by atoms with E-state index in [9.17, 15) is 4.79 Å². The van der Waals surface area contributed by atoms with Gasteiger partial charge in [0.05, 0.1) is 6.42 Å². The standard InChI is InChI=1S/C14H20O2S/c1-14(2,3)16-13(15)9-10-17-11-12-7-5-4-6-8-12/h4-8H,9-11H2,1-3H3. The summed E-state index contributed by atoms with van der Waals surface area (Å²) >= 11 is 1.76. The van der Waals surface area contributed by atoms with E-state index in [1.807, 2.05) is 39.0 Å². The second-order valence-corrected chi connectivity index (χ2v) is 5.98. The van der Waals surface area contributed by atoms with Crippen molar-refractivity contribution < 1.29 is 9.53 Å². The molecule has 0 amide bonds. The zero-order valence-electron chi connectivity index (χ0n) is 10.7. The van der Waals surface area contributed by atoms with Crippen LogP contribution in [0.25, 0.3) is 0 Å². The fourth-order valence-corrected chi connectivity index (χ4v) is 2.20. The Labute approximate surface area is 108 Å². The Balaban J connectivity index is 2.14. The fourth-order valence-electron chi connectivity index (χ4n) is 1.31. The highest BCUT2D eigenvalue weighted by Crippen LogP contribution is 2.14. The van der Waals surface area contributed by atoms with Gasteiger partial charge in [0.25, 0.3) is 0 Å². The molecule has 1 aromatic carbocycles. The van der Waals surface area contributed by atoms with Gasteiger partial charge < -0.3 is 4.74 Å². The number of rotatable bonds is 5. The molecule has 0 radical (unpaired) electrons. The predicted molar refractivity (Wildman–Crippen MR) is 73.1 cm³/mol. The van der Waals surface area contributed by atoms with Crippen molar-refractivity contribution in [3.63, 3.8) is 0 Å². The molecule has 0 unspecified atom stereocenters. The first-order valence-corrected chi connectivity index (χ1v) is 6.96. The lowest BCUT2D eigenvalue weighted by molar-refractivity contribution is -0.154. The number of carbonyl (C=O) groups is 1. The van der Waals surface area contributed by atoms with E-state index < -0.39 is 0 Å². The minimum Gasteiger partial charge on any atom is -0.460 e. The van der Waals surface area contributed by atoms with E-state index in [0.29, 0.717) is 6.42 Å². The molecule has 0 aliphatic heterocycles. The molecule has 0 saturated carbocycles. The highest BCUT2D eigenvalue weighted by atomic mass is 32.2. The molecule has 3 heteroatoms. The van der Waals surface area contributed by atoms with E-state index in [4.69, 9.17) is 4.74 Å². The zero-order valence-corrected chi connectivity index (χ0v) is 11.5. The van der Waals surface area contributed by atoms with E-state index in [-0.39, 0.29) is 11.6 Å². The minimum atomic E-state index is -0.374. The molecule has 17 heavy (non-hydrogen) atoms.